The van der Waals surface area contributed by atoms with Crippen LogP contribution < -0.4 is 0 Å². The van der Waals surface area contributed by atoms with Gasteiger partial charge in [0.15, 0.2) is 0 Å². The lowest BCUT2D eigenvalue weighted by atomic mass is 9.88. The Kier molecular flexibility index (Phi) is 11.1. The molecule has 0 N–H and O–H groups in total. The van der Waals surface area contributed by atoms with Crippen LogP contribution >= 0.6 is 45.9 Å². The summed E-state index contributed by atoms with van der Waals surface area (Å²) in [5.41, 5.74) is 5.63. The molecule has 2 amide bonds. The van der Waals surface area contributed by atoms with E-state index >= 15 is 4.39 Å². The first kappa shape index (κ1) is 39.1. The zero-order chi connectivity index (χ0) is 40.0. The molecule has 7 aromatic rings. The highest BCUT2D eigenvalue weighted by Crippen LogP contribution is 2.43. The normalized spacial score (nSPS) is 15.6. The Hall–Kier alpha value is -4.74. The van der Waals surface area contributed by atoms with Gasteiger partial charge in [0, 0.05) is 43.0 Å². The topological polar surface area (TPSA) is 53.5 Å². The molecule has 5 nitrogen and oxygen atoms in total. The molecule has 0 atom stereocenters. The Morgan fingerprint density at radius 1 is 0.649 bits per heavy atom. The average Bonchev–Trinajstić information content (AvgIpc) is 3.78. The molecular formula is C45H36Cl2F3N3O2S2. The quantitative estimate of drug-likeness (QED) is 0.145. The molecule has 0 unspecified atom stereocenters. The zero-order valence-corrected chi connectivity index (χ0v) is 34.1. The maximum absolute atomic E-state index is 15.1. The van der Waals surface area contributed by atoms with Gasteiger partial charge in [-0.3, -0.25) is 14.6 Å². The predicted octanol–water partition coefficient (Wildman–Crippen LogP) is 12.8. The van der Waals surface area contributed by atoms with Gasteiger partial charge < -0.3 is 9.80 Å². The molecule has 0 spiro atoms. The van der Waals surface area contributed by atoms with Crippen molar-refractivity contribution in [2.75, 3.05) is 0 Å². The van der Waals surface area contributed by atoms with E-state index in [1.54, 1.807) is 23.4 Å². The molecule has 0 aliphatic heterocycles. The number of hydrogen-bond acceptors (Lipinski definition) is 5. The minimum Gasteiger partial charge on any atom is -0.331 e. The van der Waals surface area contributed by atoms with Gasteiger partial charge in [0.25, 0.3) is 11.8 Å². The molecule has 8 rings (SSSR count). The Morgan fingerprint density at radius 3 is 1.77 bits per heavy atom. The first-order valence-electron chi connectivity index (χ1n) is 18.6. The number of amides is 2. The number of nitrogens with zero attached hydrogens (tertiary/aromatic N) is 3. The van der Waals surface area contributed by atoms with Crippen LogP contribution in [0, 0.1) is 31.3 Å². The van der Waals surface area contributed by atoms with Gasteiger partial charge in [0.05, 0.1) is 24.8 Å². The first-order chi connectivity index (χ1) is 27.5. The van der Waals surface area contributed by atoms with Crippen molar-refractivity contribution >= 4 is 77.9 Å². The number of fused-ring (bicyclic) bond motifs is 2. The smallest absolute Gasteiger partial charge is 0.266 e. The SMILES string of the molecule is Cc1ccc(-c2ccncc2)cc1CN(C(=O)c1sc2c(F)ccc(C)c2c1Cl)C1CCC(N(Cc2ccccc2)C(=O)c2sc3c(F)ccc(F)c3c2Cl)CC1. The Labute approximate surface area is 346 Å². The number of pyridine rings is 1. The van der Waals surface area contributed by atoms with Crippen molar-refractivity contribution in [3.63, 3.8) is 0 Å². The highest BCUT2D eigenvalue weighted by molar-refractivity contribution is 7.22. The summed E-state index contributed by atoms with van der Waals surface area (Å²) in [5, 5.41) is 0.586. The van der Waals surface area contributed by atoms with Crippen molar-refractivity contribution < 1.29 is 22.8 Å². The molecule has 1 saturated carbocycles. The third-order valence-electron chi connectivity index (χ3n) is 11.0. The van der Waals surface area contributed by atoms with Crippen molar-refractivity contribution in [1.29, 1.82) is 0 Å². The fourth-order valence-electron chi connectivity index (χ4n) is 7.87. The molecule has 1 aliphatic carbocycles. The summed E-state index contributed by atoms with van der Waals surface area (Å²) < 4.78 is 45.2. The average molecular weight is 843 g/mol. The Morgan fingerprint density at radius 2 is 1.18 bits per heavy atom. The first-order valence-corrected chi connectivity index (χ1v) is 21.0. The summed E-state index contributed by atoms with van der Waals surface area (Å²) in [5.74, 6) is -2.45. The molecule has 57 heavy (non-hydrogen) atoms. The minimum atomic E-state index is -0.690. The lowest BCUT2D eigenvalue weighted by molar-refractivity contribution is 0.0461. The largest absolute Gasteiger partial charge is 0.331 e. The highest BCUT2D eigenvalue weighted by atomic mass is 35.5. The molecule has 0 bridgehead atoms. The summed E-state index contributed by atoms with van der Waals surface area (Å²) >= 11 is 15.5. The fraction of sp³-hybridized carbons (Fsp3) is 0.222. The van der Waals surface area contributed by atoms with Crippen molar-refractivity contribution in [3.05, 3.63) is 157 Å². The molecule has 1 aliphatic rings. The molecule has 1 fully saturated rings. The van der Waals surface area contributed by atoms with E-state index in [9.17, 15) is 18.4 Å². The summed E-state index contributed by atoms with van der Waals surface area (Å²) in [7, 11) is 0. The van der Waals surface area contributed by atoms with Crippen molar-refractivity contribution in [2.45, 2.75) is 64.7 Å². The fourth-order valence-corrected chi connectivity index (χ4v) is 11.0. The van der Waals surface area contributed by atoms with E-state index in [2.05, 4.69) is 11.1 Å². The van der Waals surface area contributed by atoms with Crippen LogP contribution in [0.5, 0.6) is 0 Å². The molecular weight excluding hydrogens is 807 g/mol. The number of thiophene rings is 2. The summed E-state index contributed by atoms with van der Waals surface area (Å²) in [6, 6.07) is 24.2. The number of carbonyl (C=O) groups is 2. The summed E-state index contributed by atoms with van der Waals surface area (Å²) in [6.07, 6.45) is 5.68. The van der Waals surface area contributed by atoms with Gasteiger partial charge in [-0.1, -0.05) is 71.7 Å². The van der Waals surface area contributed by atoms with Gasteiger partial charge in [-0.2, -0.15) is 0 Å². The molecule has 0 saturated heterocycles. The van der Waals surface area contributed by atoms with Gasteiger partial charge >= 0.3 is 0 Å². The van der Waals surface area contributed by atoms with Crippen LogP contribution in [-0.2, 0) is 13.1 Å². The molecule has 290 valence electrons. The third kappa shape index (κ3) is 7.56. The van der Waals surface area contributed by atoms with Crippen LogP contribution in [-0.4, -0.2) is 38.7 Å². The number of rotatable bonds is 9. The van der Waals surface area contributed by atoms with E-state index in [1.165, 1.54) is 6.07 Å². The maximum Gasteiger partial charge on any atom is 0.266 e. The van der Waals surface area contributed by atoms with Crippen LogP contribution in [0.25, 0.3) is 31.3 Å². The Bertz CT molecular complexity index is 2640. The second kappa shape index (κ2) is 16.3. The maximum atomic E-state index is 15.1. The lowest BCUT2D eigenvalue weighted by Crippen LogP contribution is -2.47. The molecule has 4 aromatic carbocycles. The van der Waals surface area contributed by atoms with Gasteiger partial charge in [-0.05, 0) is 109 Å². The number of halogens is 5. The van der Waals surface area contributed by atoms with E-state index in [4.69, 9.17) is 23.2 Å². The van der Waals surface area contributed by atoms with E-state index in [0.29, 0.717) is 35.8 Å². The zero-order valence-electron chi connectivity index (χ0n) is 31.0. The van der Waals surface area contributed by atoms with E-state index < -0.39 is 23.4 Å². The van der Waals surface area contributed by atoms with Crippen LogP contribution in [0.1, 0.15) is 67.3 Å². The molecule has 3 heterocycles. The molecule has 3 aromatic heterocycles. The van der Waals surface area contributed by atoms with Crippen molar-refractivity contribution in [1.82, 2.24) is 14.8 Å². The number of aromatic nitrogens is 1. The van der Waals surface area contributed by atoms with E-state index in [1.807, 2.05) is 73.3 Å². The highest BCUT2D eigenvalue weighted by Gasteiger charge is 2.37. The number of benzene rings is 4. The molecule has 12 heteroatoms. The van der Waals surface area contributed by atoms with Gasteiger partial charge in [0.1, 0.15) is 27.2 Å². The van der Waals surface area contributed by atoms with Crippen molar-refractivity contribution in [3.8, 4) is 11.1 Å². The van der Waals surface area contributed by atoms with E-state index in [0.717, 1.165) is 68.2 Å². The van der Waals surface area contributed by atoms with Crippen LogP contribution in [0.2, 0.25) is 10.0 Å². The predicted molar refractivity (Wildman–Crippen MR) is 225 cm³/mol. The number of hydrogen-bond donors (Lipinski definition) is 0. The molecule has 0 radical (unpaired) electrons. The summed E-state index contributed by atoms with van der Waals surface area (Å²) in [4.78, 5) is 37.4. The Balaban J connectivity index is 1.13. The van der Waals surface area contributed by atoms with E-state index in [-0.39, 0.29) is 61.0 Å². The van der Waals surface area contributed by atoms with Crippen LogP contribution in [0.15, 0.2) is 97.3 Å². The number of aryl methyl sites for hydroxylation is 2. The standard InChI is InChI=1S/C45H36Cl2F3N3O2S2/c1-25-8-10-29(28-18-20-51-21-19-28)22-30(25)24-53(45(55)42-38(46)36-26(2)9-15-34(49)40(36)56-42)32-13-11-31(12-14-32)52(23-27-6-4-3-5-7-27)44(54)43-39(47)37-33(48)16-17-35(50)41(37)57-43/h3-10,15-22,31-32H,11-14,23-24H2,1-2H3. The monoisotopic (exact) mass is 841 g/mol. The van der Waals surface area contributed by atoms with Crippen LogP contribution in [0.3, 0.4) is 0 Å². The lowest BCUT2D eigenvalue weighted by Gasteiger charge is -2.41. The van der Waals surface area contributed by atoms with Crippen molar-refractivity contribution in [2.24, 2.45) is 0 Å². The third-order valence-corrected chi connectivity index (χ3v) is 14.3. The van der Waals surface area contributed by atoms with Gasteiger partial charge in [-0.15, -0.1) is 22.7 Å². The number of carbonyl (C=O) groups excluding carboxylic acids is 2. The second-order valence-electron chi connectivity index (χ2n) is 14.5. The second-order valence-corrected chi connectivity index (χ2v) is 17.3. The summed E-state index contributed by atoms with van der Waals surface area (Å²) in [6.45, 7) is 4.41. The van der Waals surface area contributed by atoms with Gasteiger partial charge in [-0.25, -0.2) is 13.2 Å². The van der Waals surface area contributed by atoms with Gasteiger partial charge in [0.2, 0.25) is 0 Å². The van der Waals surface area contributed by atoms with Crippen LogP contribution in [0.4, 0.5) is 13.2 Å². The minimum absolute atomic E-state index is 0.000795.